The number of carbonyl (C=O) groups excluding carboxylic acids is 1. The van der Waals surface area contributed by atoms with Crippen LogP contribution >= 0.6 is 0 Å². The third-order valence-electron chi connectivity index (χ3n) is 5.80. The zero-order valence-electron chi connectivity index (χ0n) is 18.5. The summed E-state index contributed by atoms with van der Waals surface area (Å²) in [6.07, 6.45) is -4.54. The summed E-state index contributed by atoms with van der Waals surface area (Å²) in [5.74, 6) is -0.549. The Balaban J connectivity index is 1.70. The summed E-state index contributed by atoms with van der Waals surface area (Å²) in [6.45, 7) is 1.83. The average Bonchev–Trinajstić information content (AvgIpc) is 3.13. The number of alkyl halides is 3. The molecule has 5 aromatic rings. The second-order valence-corrected chi connectivity index (χ2v) is 8.13. The molecule has 0 bridgehead atoms. The minimum absolute atomic E-state index is 0.0487. The van der Waals surface area contributed by atoms with Crippen molar-refractivity contribution in [3.05, 3.63) is 95.6 Å². The lowest BCUT2D eigenvalue weighted by Crippen LogP contribution is -2.27. The molecule has 0 saturated heterocycles. The van der Waals surface area contributed by atoms with Crippen LogP contribution in [0.4, 0.5) is 19.0 Å². The Bertz CT molecular complexity index is 1560. The molecule has 0 fully saturated rings. The fraction of sp³-hybridized carbons (Fsp3) is 0.115. The van der Waals surface area contributed by atoms with Crippen LogP contribution in [0, 0.1) is 0 Å². The first-order chi connectivity index (χ1) is 16.7. The van der Waals surface area contributed by atoms with Crippen molar-refractivity contribution in [1.82, 2.24) is 19.9 Å². The normalized spacial score (nSPS) is 12.7. The van der Waals surface area contributed by atoms with Gasteiger partial charge in [0, 0.05) is 5.69 Å². The number of carbonyl (C=O) groups is 1. The quantitative estimate of drug-likeness (QED) is 0.351. The van der Waals surface area contributed by atoms with E-state index < -0.39 is 17.6 Å². The molecule has 176 valence electrons. The lowest BCUT2D eigenvalue weighted by atomic mass is 10.1. The lowest BCUT2D eigenvalue weighted by molar-refractivity contribution is -0.137. The van der Waals surface area contributed by atoms with Crippen LogP contribution in [0.3, 0.4) is 0 Å². The van der Waals surface area contributed by atoms with Crippen LogP contribution < -0.4 is 11.1 Å². The van der Waals surface area contributed by atoms with E-state index in [4.69, 9.17) is 5.73 Å². The van der Waals surface area contributed by atoms with E-state index in [1.807, 2.05) is 37.3 Å². The largest absolute Gasteiger partial charge is 0.416 e. The Kier molecular flexibility index (Phi) is 5.39. The van der Waals surface area contributed by atoms with E-state index in [0.717, 1.165) is 17.7 Å². The van der Waals surface area contributed by atoms with Gasteiger partial charge in [0.15, 0.2) is 5.65 Å². The number of nitrogens with one attached hydrogen (secondary N) is 1. The second kappa shape index (κ2) is 8.43. The fourth-order valence-electron chi connectivity index (χ4n) is 4.06. The topological polar surface area (TPSA) is 85.8 Å². The summed E-state index contributed by atoms with van der Waals surface area (Å²) < 4.78 is 41.6. The molecule has 2 heterocycles. The number of nitrogens with two attached hydrogens (primary N) is 1. The number of para-hydroxylation sites is 2. The Morgan fingerprint density at radius 3 is 2.29 bits per heavy atom. The zero-order valence-corrected chi connectivity index (χ0v) is 18.5. The van der Waals surface area contributed by atoms with E-state index >= 15 is 0 Å². The monoisotopic (exact) mass is 475 g/mol. The SMILES string of the molecule is C[C@@H](NC(=O)c1c(N)n(-c2cccc(C(F)(F)F)c2)c2nc3ccccc3nc12)c1ccccc1. The third kappa shape index (κ3) is 4.05. The minimum Gasteiger partial charge on any atom is -0.384 e. The van der Waals surface area contributed by atoms with Crippen molar-refractivity contribution in [2.75, 3.05) is 5.73 Å². The molecule has 1 amide bonds. The van der Waals surface area contributed by atoms with Gasteiger partial charge in [0.05, 0.1) is 22.6 Å². The number of nitrogens with zero attached hydrogens (tertiary/aromatic N) is 3. The van der Waals surface area contributed by atoms with Crippen LogP contribution in [0.5, 0.6) is 0 Å². The summed E-state index contributed by atoms with van der Waals surface area (Å²) in [4.78, 5) is 22.6. The van der Waals surface area contributed by atoms with Crippen LogP contribution in [-0.2, 0) is 6.18 Å². The molecule has 3 N–H and O–H groups in total. The van der Waals surface area contributed by atoms with Crippen molar-refractivity contribution < 1.29 is 18.0 Å². The summed E-state index contributed by atoms with van der Waals surface area (Å²) in [7, 11) is 0. The van der Waals surface area contributed by atoms with E-state index in [2.05, 4.69) is 15.3 Å². The highest BCUT2D eigenvalue weighted by atomic mass is 19.4. The number of amides is 1. The molecule has 2 aromatic heterocycles. The van der Waals surface area contributed by atoms with Crippen molar-refractivity contribution in [2.24, 2.45) is 0 Å². The second-order valence-electron chi connectivity index (χ2n) is 8.13. The number of halogens is 3. The molecule has 0 saturated carbocycles. The van der Waals surface area contributed by atoms with Gasteiger partial charge < -0.3 is 11.1 Å². The van der Waals surface area contributed by atoms with Crippen molar-refractivity contribution in [2.45, 2.75) is 19.1 Å². The van der Waals surface area contributed by atoms with Gasteiger partial charge in [-0.05, 0) is 42.8 Å². The van der Waals surface area contributed by atoms with Gasteiger partial charge in [-0.25, -0.2) is 9.97 Å². The van der Waals surface area contributed by atoms with E-state index in [1.54, 1.807) is 24.3 Å². The van der Waals surface area contributed by atoms with Gasteiger partial charge in [0.1, 0.15) is 16.9 Å². The summed E-state index contributed by atoms with van der Waals surface area (Å²) in [5.41, 5.74) is 8.11. The van der Waals surface area contributed by atoms with Crippen LogP contribution in [0.25, 0.3) is 27.9 Å². The number of nitrogen functional groups attached to an aromatic ring is 1. The standard InChI is InChI=1S/C26H20F3N5O/c1-15(16-8-3-2-4-9-16)31-25(35)21-22-24(33-20-13-6-5-12-19(20)32-22)34(23(21)30)18-11-7-10-17(14-18)26(27,28)29/h2-15H,30H2,1H3,(H,31,35)/t15-/m1/s1. The molecule has 0 aliphatic heterocycles. The molecule has 0 aliphatic rings. The first kappa shape index (κ1) is 22.4. The smallest absolute Gasteiger partial charge is 0.384 e. The molecule has 3 aromatic carbocycles. The Labute approximate surface area is 198 Å². The van der Waals surface area contributed by atoms with E-state index in [0.29, 0.717) is 11.0 Å². The molecule has 0 spiro atoms. The number of hydrogen-bond acceptors (Lipinski definition) is 4. The predicted molar refractivity (Wildman–Crippen MR) is 128 cm³/mol. The number of aromatic nitrogens is 3. The van der Waals surface area contributed by atoms with Crippen molar-refractivity contribution in [3.8, 4) is 5.69 Å². The zero-order chi connectivity index (χ0) is 24.7. The maximum absolute atomic E-state index is 13.4. The summed E-state index contributed by atoms with van der Waals surface area (Å²) in [5, 5.41) is 2.91. The van der Waals surface area contributed by atoms with Gasteiger partial charge in [-0.1, -0.05) is 48.5 Å². The molecule has 0 radical (unpaired) electrons. The third-order valence-corrected chi connectivity index (χ3v) is 5.80. The number of benzene rings is 3. The number of anilines is 1. The molecule has 0 unspecified atom stereocenters. The van der Waals surface area contributed by atoms with E-state index in [1.165, 1.54) is 16.7 Å². The fourth-order valence-corrected chi connectivity index (χ4v) is 4.06. The highest BCUT2D eigenvalue weighted by molar-refractivity contribution is 6.11. The van der Waals surface area contributed by atoms with E-state index in [-0.39, 0.29) is 34.3 Å². The van der Waals surface area contributed by atoms with Gasteiger partial charge in [-0.15, -0.1) is 0 Å². The van der Waals surface area contributed by atoms with E-state index in [9.17, 15) is 18.0 Å². The predicted octanol–water partition coefficient (Wildman–Crippen LogP) is 5.67. The molecule has 1 atom stereocenters. The molecule has 0 aliphatic carbocycles. The van der Waals surface area contributed by atoms with Crippen molar-refractivity contribution in [1.29, 1.82) is 0 Å². The first-order valence-electron chi connectivity index (χ1n) is 10.8. The Morgan fingerprint density at radius 1 is 0.943 bits per heavy atom. The van der Waals surface area contributed by atoms with Crippen LogP contribution in [0.2, 0.25) is 0 Å². The molecule has 35 heavy (non-hydrogen) atoms. The van der Waals surface area contributed by atoms with Crippen LogP contribution in [-0.4, -0.2) is 20.4 Å². The average molecular weight is 475 g/mol. The molecule has 9 heteroatoms. The van der Waals surface area contributed by atoms with Gasteiger partial charge >= 0.3 is 6.18 Å². The summed E-state index contributed by atoms with van der Waals surface area (Å²) in [6, 6.07) is 20.8. The number of fused-ring (bicyclic) bond motifs is 2. The molecule has 6 nitrogen and oxygen atoms in total. The summed E-state index contributed by atoms with van der Waals surface area (Å²) >= 11 is 0. The Hall–Kier alpha value is -4.40. The van der Waals surface area contributed by atoms with Gasteiger partial charge in [0.2, 0.25) is 0 Å². The number of rotatable bonds is 4. The minimum atomic E-state index is -4.54. The lowest BCUT2D eigenvalue weighted by Gasteiger charge is -2.14. The van der Waals surface area contributed by atoms with Gasteiger partial charge in [0.25, 0.3) is 5.91 Å². The highest BCUT2D eigenvalue weighted by Crippen LogP contribution is 2.34. The first-order valence-corrected chi connectivity index (χ1v) is 10.8. The maximum Gasteiger partial charge on any atom is 0.416 e. The number of hydrogen-bond donors (Lipinski definition) is 2. The van der Waals surface area contributed by atoms with Gasteiger partial charge in [-0.3, -0.25) is 9.36 Å². The Morgan fingerprint density at radius 2 is 1.60 bits per heavy atom. The van der Waals surface area contributed by atoms with Crippen LogP contribution in [0.15, 0.2) is 78.9 Å². The van der Waals surface area contributed by atoms with Crippen molar-refractivity contribution >= 4 is 33.9 Å². The van der Waals surface area contributed by atoms with Crippen LogP contribution in [0.1, 0.15) is 34.5 Å². The molecular formula is C26H20F3N5O. The molecule has 5 rings (SSSR count). The maximum atomic E-state index is 13.4. The van der Waals surface area contributed by atoms with Crippen molar-refractivity contribution in [3.63, 3.8) is 0 Å². The highest BCUT2D eigenvalue weighted by Gasteiger charge is 2.32. The van der Waals surface area contributed by atoms with Gasteiger partial charge in [-0.2, -0.15) is 13.2 Å². The molecular weight excluding hydrogens is 455 g/mol.